The van der Waals surface area contributed by atoms with Crippen LogP contribution in [0, 0.1) is 5.82 Å². The molecule has 2 aromatic rings. The summed E-state index contributed by atoms with van der Waals surface area (Å²) in [5.74, 6) is 0.529. The van der Waals surface area contributed by atoms with E-state index in [1.54, 1.807) is 18.2 Å². The van der Waals surface area contributed by atoms with Gasteiger partial charge in [-0.2, -0.15) is 0 Å². The van der Waals surface area contributed by atoms with Gasteiger partial charge in [-0.05, 0) is 29.7 Å². The van der Waals surface area contributed by atoms with E-state index in [0.717, 1.165) is 17.7 Å². The van der Waals surface area contributed by atoms with Crippen molar-refractivity contribution in [2.24, 2.45) is 0 Å². The molecule has 1 aliphatic heterocycles. The zero-order chi connectivity index (χ0) is 14.7. The highest BCUT2D eigenvalue weighted by Crippen LogP contribution is 2.35. The normalized spacial score (nSPS) is 17.1. The first-order valence-electron chi connectivity index (χ1n) is 6.98. The molecule has 0 aromatic heterocycles. The smallest absolute Gasteiger partial charge is 0.225 e. The maximum absolute atomic E-state index is 13.6. The minimum atomic E-state index is -0.327. The summed E-state index contributed by atoms with van der Waals surface area (Å²) in [6.07, 6.45) is 0.989. The van der Waals surface area contributed by atoms with Crippen LogP contribution in [0.5, 0.6) is 0 Å². The van der Waals surface area contributed by atoms with Crippen LogP contribution in [-0.2, 0) is 11.2 Å². The third kappa shape index (κ3) is 3.27. The fourth-order valence-corrected chi connectivity index (χ4v) is 3.68. The number of fused-ring (bicyclic) bond motifs is 1. The van der Waals surface area contributed by atoms with Crippen molar-refractivity contribution in [2.45, 2.75) is 23.8 Å². The predicted octanol–water partition coefficient (Wildman–Crippen LogP) is 3.72. The van der Waals surface area contributed by atoms with Gasteiger partial charge in [-0.15, -0.1) is 11.8 Å². The summed E-state index contributed by atoms with van der Waals surface area (Å²) in [6.45, 7) is 0. The summed E-state index contributed by atoms with van der Waals surface area (Å²) >= 11 is 1.81. The molecule has 0 aliphatic carbocycles. The molecule has 0 spiro atoms. The van der Waals surface area contributed by atoms with Gasteiger partial charge in [0.15, 0.2) is 0 Å². The molecule has 0 bridgehead atoms. The van der Waals surface area contributed by atoms with E-state index < -0.39 is 0 Å². The Bertz CT molecular complexity index is 659. The van der Waals surface area contributed by atoms with Crippen molar-refractivity contribution in [1.29, 1.82) is 0 Å². The van der Waals surface area contributed by atoms with Gasteiger partial charge in [0.25, 0.3) is 0 Å². The van der Waals surface area contributed by atoms with Crippen molar-refractivity contribution in [3.63, 3.8) is 0 Å². The van der Waals surface area contributed by atoms with Crippen LogP contribution in [0.1, 0.15) is 23.6 Å². The van der Waals surface area contributed by atoms with E-state index in [4.69, 9.17) is 0 Å². The molecule has 1 N–H and O–H groups in total. The monoisotopic (exact) mass is 301 g/mol. The van der Waals surface area contributed by atoms with Crippen LogP contribution in [0.3, 0.4) is 0 Å². The lowest BCUT2D eigenvalue weighted by Gasteiger charge is -2.25. The maximum Gasteiger partial charge on any atom is 0.225 e. The Kier molecular flexibility index (Phi) is 4.25. The average Bonchev–Trinajstić information content (AvgIpc) is 2.50. The van der Waals surface area contributed by atoms with Gasteiger partial charge in [-0.3, -0.25) is 4.79 Å². The van der Waals surface area contributed by atoms with Crippen molar-refractivity contribution >= 4 is 17.7 Å². The first-order chi connectivity index (χ1) is 10.2. The van der Waals surface area contributed by atoms with Gasteiger partial charge in [0.2, 0.25) is 5.91 Å². The number of rotatable bonds is 3. The molecule has 0 radical (unpaired) electrons. The Morgan fingerprint density at radius 2 is 1.95 bits per heavy atom. The molecule has 4 heteroatoms. The summed E-state index contributed by atoms with van der Waals surface area (Å²) in [4.78, 5) is 13.4. The lowest BCUT2D eigenvalue weighted by atomic mass is 10.0. The molecule has 1 aliphatic rings. The van der Waals surface area contributed by atoms with E-state index in [9.17, 15) is 9.18 Å². The molecule has 108 valence electrons. The molecule has 3 rings (SSSR count). The second-order valence-electron chi connectivity index (χ2n) is 5.06. The lowest BCUT2D eigenvalue weighted by molar-refractivity contribution is -0.121. The van der Waals surface area contributed by atoms with Crippen molar-refractivity contribution in [1.82, 2.24) is 5.32 Å². The van der Waals surface area contributed by atoms with Gasteiger partial charge in [-0.25, -0.2) is 4.39 Å². The largest absolute Gasteiger partial charge is 0.349 e. The van der Waals surface area contributed by atoms with Gasteiger partial charge in [-0.1, -0.05) is 36.4 Å². The zero-order valence-corrected chi connectivity index (χ0v) is 12.3. The van der Waals surface area contributed by atoms with E-state index in [-0.39, 0.29) is 24.2 Å². The Morgan fingerprint density at radius 1 is 1.19 bits per heavy atom. The minimum absolute atomic E-state index is 0.0294. The minimum Gasteiger partial charge on any atom is -0.349 e. The number of benzene rings is 2. The third-order valence-electron chi connectivity index (χ3n) is 3.60. The van der Waals surface area contributed by atoms with Crippen molar-refractivity contribution in [3.05, 3.63) is 65.5 Å². The molecule has 1 atom stereocenters. The molecule has 1 amide bonds. The van der Waals surface area contributed by atoms with Gasteiger partial charge >= 0.3 is 0 Å². The molecular formula is C17H16FNOS. The quantitative estimate of drug-likeness (QED) is 0.936. The highest BCUT2D eigenvalue weighted by Gasteiger charge is 2.22. The molecule has 0 fully saturated rings. The number of carbonyl (C=O) groups is 1. The van der Waals surface area contributed by atoms with Crippen LogP contribution in [0.15, 0.2) is 53.4 Å². The Hall–Kier alpha value is -1.81. The van der Waals surface area contributed by atoms with Crippen LogP contribution in [-0.4, -0.2) is 11.7 Å². The van der Waals surface area contributed by atoms with E-state index in [0.29, 0.717) is 5.56 Å². The number of carbonyl (C=O) groups excluding carboxylic acids is 1. The Labute approximate surface area is 127 Å². The average molecular weight is 301 g/mol. The molecule has 2 aromatic carbocycles. The number of amides is 1. The van der Waals surface area contributed by atoms with Gasteiger partial charge in [0, 0.05) is 10.6 Å². The van der Waals surface area contributed by atoms with Crippen LogP contribution in [0.2, 0.25) is 0 Å². The zero-order valence-electron chi connectivity index (χ0n) is 11.5. The summed E-state index contributed by atoms with van der Waals surface area (Å²) in [5.41, 5.74) is 1.60. The molecule has 1 heterocycles. The molecule has 0 unspecified atom stereocenters. The van der Waals surface area contributed by atoms with Crippen LogP contribution >= 0.6 is 11.8 Å². The number of hydrogen-bond donors (Lipinski definition) is 1. The summed E-state index contributed by atoms with van der Waals surface area (Å²) in [7, 11) is 0. The number of nitrogens with one attached hydrogen (secondary N) is 1. The van der Waals surface area contributed by atoms with Crippen LogP contribution < -0.4 is 5.32 Å². The molecule has 0 saturated heterocycles. The van der Waals surface area contributed by atoms with E-state index in [1.807, 2.05) is 23.9 Å². The third-order valence-corrected chi connectivity index (χ3v) is 4.73. The van der Waals surface area contributed by atoms with Gasteiger partial charge in [0.05, 0.1) is 12.5 Å². The molecular weight excluding hydrogens is 285 g/mol. The lowest BCUT2D eigenvalue weighted by Crippen LogP contribution is -2.31. The molecule has 2 nitrogen and oxygen atoms in total. The highest BCUT2D eigenvalue weighted by molar-refractivity contribution is 7.99. The Morgan fingerprint density at radius 3 is 2.81 bits per heavy atom. The Balaban J connectivity index is 1.70. The van der Waals surface area contributed by atoms with Crippen molar-refractivity contribution < 1.29 is 9.18 Å². The van der Waals surface area contributed by atoms with Gasteiger partial charge in [0.1, 0.15) is 5.82 Å². The number of halogens is 1. The van der Waals surface area contributed by atoms with Crippen molar-refractivity contribution in [2.75, 3.05) is 5.75 Å². The van der Waals surface area contributed by atoms with Crippen molar-refractivity contribution in [3.8, 4) is 0 Å². The van der Waals surface area contributed by atoms with E-state index in [2.05, 4.69) is 17.4 Å². The second kappa shape index (κ2) is 6.31. The van der Waals surface area contributed by atoms with E-state index >= 15 is 0 Å². The first-order valence-corrected chi connectivity index (χ1v) is 7.97. The SMILES string of the molecule is O=C(Cc1ccccc1F)N[C@H]1CCSc2ccccc21. The second-order valence-corrected chi connectivity index (χ2v) is 6.20. The highest BCUT2D eigenvalue weighted by atomic mass is 32.2. The van der Waals surface area contributed by atoms with Crippen LogP contribution in [0.25, 0.3) is 0 Å². The predicted molar refractivity (Wildman–Crippen MR) is 82.8 cm³/mol. The van der Waals surface area contributed by atoms with Crippen LogP contribution in [0.4, 0.5) is 4.39 Å². The molecule has 0 saturated carbocycles. The van der Waals surface area contributed by atoms with Gasteiger partial charge < -0.3 is 5.32 Å². The van der Waals surface area contributed by atoms with E-state index in [1.165, 1.54) is 11.0 Å². The standard InChI is InChI=1S/C17H16FNOS/c18-14-7-3-1-5-12(14)11-17(20)19-15-9-10-21-16-8-4-2-6-13(15)16/h1-8,15H,9-11H2,(H,19,20)/t15-/m0/s1. The topological polar surface area (TPSA) is 29.1 Å². The number of thioether (sulfide) groups is 1. The maximum atomic E-state index is 13.6. The summed E-state index contributed by atoms with van der Waals surface area (Å²) in [6, 6.07) is 14.6. The molecule has 21 heavy (non-hydrogen) atoms. The number of hydrogen-bond acceptors (Lipinski definition) is 2. The summed E-state index contributed by atoms with van der Waals surface area (Å²) < 4.78 is 13.6. The summed E-state index contributed by atoms with van der Waals surface area (Å²) in [5, 5.41) is 3.03. The fraction of sp³-hybridized carbons (Fsp3) is 0.235. The fourth-order valence-electron chi connectivity index (χ4n) is 2.55. The first kappa shape index (κ1) is 14.1.